The standard InChI is InChI=1S/C11H18N4OS/c1-11(2,3)9-8(17-15-14-9)10(16)13-7-4-5-12-6-7/h7,12H,4-6H2,1-3H3,(H,13,16)/t7-/m1/s1. The summed E-state index contributed by atoms with van der Waals surface area (Å²) >= 11 is 1.17. The van der Waals surface area contributed by atoms with Gasteiger partial charge in [-0.15, -0.1) is 5.10 Å². The van der Waals surface area contributed by atoms with E-state index in [9.17, 15) is 4.79 Å². The number of amides is 1. The van der Waals surface area contributed by atoms with Crippen LogP contribution in [0, 0.1) is 0 Å². The van der Waals surface area contributed by atoms with E-state index in [1.807, 2.05) is 20.8 Å². The second kappa shape index (κ2) is 4.70. The summed E-state index contributed by atoms with van der Waals surface area (Å²) in [6.07, 6.45) is 0.989. The average Bonchev–Trinajstić information content (AvgIpc) is 2.85. The van der Waals surface area contributed by atoms with Gasteiger partial charge in [-0.2, -0.15) is 0 Å². The highest BCUT2D eigenvalue weighted by Gasteiger charge is 2.27. The zero-order valence-electron chi connectivity index (χ0n) is 10.4. The number of nitrogens with one attached hydrogen (secondary N) is 2. The molecule has 1 aliphatic heterocycles. The molecule has 0 radical (unpaired) electrons. The first-order valence-corrected chi connectivity index (χ1v) is 6.60. The van der Waals surface area contributed by atoms with Gasteiger partial charge in [0.05, 0.1) is 5.69 Å². The van der Waals surface area contributed by atoms with Crippen molar-refractivity contribution in [3.8, 4) is 0 Å². The minimum Gasteiger partial charge on any atom is -0.347 e. The largest absolute Gasteiger partial charge is 0.347 e. The van der Waals surface area contributed by atoms with Crippen LogP contribution in [0.3, 0.4) is 0 Å². The van der Waals surface area contributed by atoms with Crippen LogP contribution in [0.4, 0.5) is 0 Å². The van der Waals surface area contributed by atoms with Gasteiger partial charge in [0.15, 0.2) is 0 Å². The number of aromatic nitrogens is 2. The lowest BCUT2D eigenvalue weighted by molar-refractivity contribution is 0.0942. The van der Waals surface area contributed by atoms with Crippen LogP contribution >= 0.6 is 11.5 Å². The maximum Gasteiger partial charge on any atom is 0.265 e. The third-order valence-electron chi connectivity index (χ3n) is 2.80. The molecule has 1 amide bonds. The zero-order chi connectivity index (χ0) is 12.5. The van der Waals surface area contributed by atoms with Crippen molar-refractivity contribution in [2.75, 3.05) is 13.1 Å². The van der Waals surface area contributed by atoms with E-state index in [4.69, 9.17) is 0 Å². The van der Waals surface area contributed by atoms with Gasteiger partial charge in [0.25, 0.3) is 5.91 Å². The molecule has 0 saturated carbocycles. The molecule has 2 N–H and O–H groups in total. The quantitative estimate of drug-likeness (QED) is 0.824. The zero-order valence-corrected chi connectivity index (χ0v) is 11.2. The number of hydrogen-bond donors (Lipinski definition) is 2. The molecule has 17 heavy (non-hydrogen) atoms. The molecule has 2 rings (SSSR count). The van der Waals surface area contributed by atoms with Crippen molar-refractivity contribution in [3.05, 3.63) is 10.6 Å². The molecule has 6 heteroatoms. The van der Waals surface area contributed by atoms with Gasteiger partial charge in [0.2, 0.25) is 0 Å². The van der Waals surface area contributed by atoms with Gasteiger partial charge in [-0.05, 0) is 24.5 Å². The predicted molar refractivity (Wildman–Crippen MR) is 67.3 cm³/mol. The Morgan fingerprint density at radius 3 is 2.88 bits per heavy atom. The molecule has 0 spiro atoms. The van der Waals surface area contributed by atoms with Crippen LogP contribution in [0.25, 0.3) is 0 Å². The maximum absolute atomic E-state index is 12.1. The van der Waals surface area contributed by atoms with Crippen molar-refractivity contribution < 1.29 is 4.79 Å². The molecule has 0 bridgehead atoms. The van der Waals surface area contributed by atoms with E-state index in [1.54, 1.807) is 0 Å². The third-order valence-corrected chi connectivity index (χ3v) is 3.52. The molecule has 1 aromatic rings. The molecule has 0 aliphatic carbocycles. The molecule has 2 heterocycles. The second-order valence-corrected chi connectivity index (χ2v) is 6.12. The SMILES string of the molecule is CC(C)(C)c1nnsc1C(=O)N[C@@H]1CCNC1. The summed E-state index contributed by atoms with van der Waals surface area (Å²) in [5.41, 5.74) is 0.638. The summed E-state index contributed by atoms with van der Waals surface area (Å²) in [6.45, 7) is 7.94. The molecule has 1 saturated heterocycles. The van der Waals surface area contributed by atoms with Crippen LogP contribution in [0.15, 0.2) is 0 Å². The van der Waals surface area contributed by atoms with Crippen molar-refractivity contribution in [2.24, 2.45) is 0 Å². The first-order valence-electron chi connectivity index (χ1n) is 5.83. The summed E-state index contributed by atoms with van der Waals surface area (Å²) in [5, 5.41) is 10.3. The molecule has 1 fully saturated rings. The molecule has 0 unspecified atom stereocenters. The Morgan fingerprint density at radius 2 is 2.29 bits per heavy atom. The van der Waals surface area contributed by atoms with Gasteiger partial charge >= 0.3 is 0 Å². The Labute approximate surface area is 105 Å². The van der Waals surface area contributed by atoms with Crippen LogP contribution in [0.2, 0.25) is 0 Å². The maximum atomic E-state index is 12.1. The average molecular weight is 254 g/mol. The fourth-order valence-corrected chi connectivity index (χ4v) is 2.64. The van der Waals surface area contributed by atoms with Crippen LogP contribution in [0.1, 0.15) is 42.6 Å². The lowest BCUT2D eigenvalue weighted by atomic mass is 9.91. The van der Waals surface area contributed by atoms with E-state index >= 15 is 0 Å². The highest BCUT2D eigenvalue weighted by Crippen LogP contribution is 2.25. The normalized spacial score (nSPS) is 20.5. The Morgan fingerprint density at radius 1 is 1.53 bits per heavy atom. The summed E-state index contributed by atoms with van der Waals surface area (Å²) in [7, 11) is 0. The van der Waals surface area contributed by atoms with E-state index in [0.29, 0.717) is 4.88 Å². The van der Waals surface area contributed by atoms with E-state index in [0.717, 1.165) is 25.2 Å². The lowest BCUT2D eigenvalue weighted by Gasteiger charge is -2.17. The van der Waals surface area contributed by atoms with Crippen LogP contribution in [-0.2, 0) is 5.41 Å². The van der Waals surface area contributed by atoms with Gasteiger partial charge in [-0.3, -0.25) is 4.79 Å². The van der Waals surface area contributed by atoms with Gasteiger partial charge in [-0.25, -0.2) is 0 Å². The Balaban J connectivity index is 2.11. The van der Waals surface area contributed by atoms with Crippen molar-refractivity contribution in [3.63, 3.8) is 0 Å². The van der Waals surface area contributed by atoms with Gasteiger partial charge < -0.3 is 10.6 Å². The van der Waals surface area contributed by atoms with E-state index < -0.39 is 0 Å². The highest BCUT2D eigenvalue weighted by molar-refractivity contribution is 7.08. The summed E-state index contributed by atoms with van der Waals surface area (Å²) in [5.74, 6) is -0.0429. The first-order chi connectivity index (χ1) is 7.98. The van der Waals surface area contributed by atoms with Crippen molar-refractivity contribution >= 4 is 17.4 Å². The Bertz CT molecular complexity index is 404. The Hall–Kier alpha value is -1.01. The van der Waals surface area contributed by atoms with Crippen LogP contribution in [0.5, 0.6) is 0 Å². The smallest absolute Gasteiger partial charge is 0.265 e. The van der Waals surface area contributed by atoms with Crippen LogP contribution < -0.4 is 10.6 Å². The summed E-state index contributed by atoms with van der Waals surface area (Å²) in [4.78, 5) is 12.8. The fraction of sp³-hybridized carbons (Fsp3) is 0.727. The third kappa shape index (κ3) is 2.81. The van der Waals surface area contributed by atoms with Gasteiger partial charge in [-0.1, -0.05) is 25.3 Å². The first kappa shape index (κ1) is 12.4. The molecule has 1 aliphatic rings. The van der Waals surface area contributed by atoms with E-state index in [1.165, 1.54) is 11.5 Å². The number of carbonyl (C=O) groups is 1. The molecule has 0 aromatic carbocycles. The lowest BCUT2D eigenvalue weighted by Crippen LogP contribution is -2.36. The van der Waals surface area contributed by atoms with Crippen LogP contribution in [-0.4, -0.2) is 34.6 Å². The van der Waals surface area contributed by atoms with Gasteiger partial charge in [0, 0.05) is 18.0 Å². The van der Waals surface area contributed by atoms with Gasteiger partial charge in [0.1, 0.15) is 4.88 Å². The minimum atomic E-state index is -0.145. The number of hydrogen-bond acceptors (Lipinski definition) is 5. The van der Waals surface area contributed by atoms with Crippen molar-refractivity contribution in [2.45, 2.75) is 38.6 Å². The summed E-state index contributed by atoms with van der Waals surface area (Å²) < 4.78 is 3.90. The molecule has 1 aromatic heterocycles. The summed E-state index contributed by atoms with van der Waals surface area (Å²) in [6, 6.07) is 0.234. The highest BCUT2D eigenvalue weighted by atomic mass is 32.1. The topological polar surface area (TPSA) is 66.9 Å². The molecule has 5 nitrogen and oxygen atoms in total. The second-order valence-electron chi connectivity index (χ2n) is 5.36. The predicted octanol–water partition coefficient (Wildman–Crippen LogP) is 0.927. The van der Waals surface area contributed by atoms with E-state index in [2.05, 4.69) is 20.2 Å². The number of carbonyl (C=O) groups excluding carboxylic acids is 1. The molecular weight excluding hydrogens is 236 g/mol. The molecular formula is C11H18N4OS. The molecule has 1 atom stereocenters. The molecule has 94 valence electrons. The Kier molecular flexibility index (Phi) is 3.44. The minimum absolute atomic E-state index is 0.0429. The number of rotatable bonds is 2. The number of nitrogens with zero attached hydrogens (tertiary/aromatic N) is 2. The fourth-order valence-electron chi connectivity index (χ4n) is 1.86. The van der Waals surface area contributed by atoms with Crippen molar-refractivity contribution in [1.29, 1.82) is 0 Å². The van der Waals surface area contributed by atoms with E-state index in [-0.39, 0.29) is 17.4 Å². The monoisotopic (exact) mass is 254 g/mol. The van der Waals surface area contributed by atoms with Crippen molar-refractivity contribution in [1.82, 2.24) is 20.2 Å².